The Labute approximate surface area is 169 Å². The Morgan fingerprint density at radius 2 is 1.32 bits per heavy atom. The van der Waals surface area contributed by atoms with Gasteiger partial charge in [0.2, 0.25) is 0 Å². The van der Waals surface area contributed by atoms with E-state index in [1.54, 1.807) is 6.07 Å². The highest BCUT2D eigenvalue weighted by atomic mass is 32.2. The zero-order chi connectivity index (χ0) is 19.8. The molecule has 0 N–H and O–H groups in total. The second kappa shape index (κ2) is 7.29. The Kier molecular flexibility index (Phi) is 4.96. The summed E-state index contributed by atoms with van der Waals surface area (Å²) >= 11 is 0. The van der Waals surface area contributed by atoms with Crippen molar-refractivity contribution in [2.24, 2.45) is 5.41 Å². The predicted octanol–water partition coefficient (Wildman–Crippen LogP) is 6.88. The van der Waals surface area contributed by atoms with Crippen LogP contribution in [0.5, 0.6) is 5.75 Å². The van der Waals surface area contributed by atoms with Gasteiger partial charge in [-0.3, -0.25) is 0 Å². The smallest absolute Gasteiger partial charge is 0.170 e. The highest BCUT2D eigenvalue weighted by Crippen LogP contribution is 2.53. The molecule has 1 aliphatic rings. The fourth-order valence-electron chi connectivity index (χ4n) is 3.54. The van der Waals surface area contributed by atoms with Crippen LogP contribution in [0, 0.1) is 11.2 Å². The number of halogens is 1. The lowest BCUT2D eigenvalue weighted by Crippen LogP contribution is -2.34. The lowest BCUT2D eigenvalue weighted by Gasteiger charge is -2.31. The van der Waals surface area contributed by atoms with Crippen molar-refractivity contribution in [3.8, 4) is 5.75 Å². The van der Waals surface area contributed by atoms with E-state index in [9.17, 15) is 0 Å². The summed E-state index contributed by atoms with van der Waals surface area (Å²) in [6.45, 7) is 6.48. The normalized spacial score (nSPS) is 15.5. The van der Waals surface area contributed by atoms with Gasteiger partial charge in [0.1, 0.15) is 5.60 Å². The van der Waals surface area contributed by atoms with E-state index in [0.29, 0.717) is 5.75 Å². The van der Waals surface area contributed by atoms with Gasteiger partial charge in [-0.15, -0.1) is 0 Å². The summed E-state index contributed by atoms with van der Waals surface area (Å²) in [4.78, 5) is 3.31. The van der Waals surface area contributed by atoms with Gasteiger partial charge < -0.3 is 4.74 Å². The second-order valence-electron chi connectivity index (χ2n) is 8.37. The molecule has 1 saturated carbocycles. The van der Waals surface area contributed by atoms with Crippen LogP contribution < -0.4 is 4.74 Å². The largest absolute Gasteiger partial charge is 0.484 e. The Morgan fingerprint density at radius 3 is 1.75 bits per heavy atom. The van der Waals surface area contributed by atoms with Crippen LogP contribution in [0.25, 0.3) is 0 Å². The lowest BCUT2D eigenvalue weighted by atomic mass is 9.86. The first kappa shape index (κ1) is 19.1. The Balaban J connectivity index is 1.70. The summed E-state index contributed by atoms with van der Waals surface area (Å²) in [5.74, 6) is 0.0817. The second-order valence-corrected chi connectivity index (χ2v) is 10.4. The van der Waals surface area contributed by atoms with E-state index in [1.807, 2.05) is 48.5 Å². The molecule has 0 amide bonds. The SMILES string of the molecule is CC(C)(C)C1(Oc2ccc([S+](c3ccccc3)c3ccccc3)cc2F)CC1. The van der Waals surface area contributed by atoms with E-state index in [1.165, 1.54) is 9.79 Å². The number of rotatable bonds is 5. The zero-order valence-electron chi connectivity index (χ0n) is 16.6. The van der Waals surface area contributed by atoms with E-state index in [0.717, 1.165) is 17.7 Å². The molecule has 28 heavy (non-hydrogen) atoms. The van der Waals surface area contributed by atoms with Crippen LogP contribution >= 0.6 is 0 Å². The van der Waals surface area contributed by atoms with Crippen molar-refractivity contribution in [1.29, 1.82) is 0 Å². The Bertz CT molecular complexity index is 904. The minimum atomic E-state index is -0.353. The van der Waals surface area contributed by atoms with Gasteiger partial charge in [0, 0.05) is 11.5 Å². The molecule has 4 rings (SSSR count). The summed E-state index contributed by atoms with van der Waals surface area (Å²) in [5.41, 5.74) is -0.244. The molecule has 3 heteroatoms. The number of hydrogen-bond donors (Lipinski definition) is 0. The summed E-state index contributed by atoms with van der Waals surface area (Å²) in [7, 11) is -0.353. The average Bonchev–Trinajstić information content (AvgIpc) is 3.47. The predicted molar refractivity (Wildman–Crippen MR) is 113 cm³/mol. The molecule has 0 heterocycles. The van der Waals surface area contributed by atoms with Gasteiger partial charge in [-0.05, 0) is 49.2 Å². The molecule has 0 saturated heterocycles. The number of benzene rings is 3. The van der Waals surface area contributed by atoms with Crippen LogP contribution in [0.3, 0.4) is 0 Å². The summed E-state index contributed by atoms with van der Waals surface area (Å²) < 4.78 is 21.3. The Hall–Kier alpha value is -2.26. The minimum Gasteiger partial charge on any atom is -0.484 e. The van der Waals surface area contributed by atoms with Crippen LogP contribution in [-0.4, -0.2) is 5.60 Å². The van der Waals surface area contributed by atoms with Crippen molar-refractivity contribution in [3.63, 3.8) is 0 Å². The highest BCUT2D eigenvalue weighted by Gasteiger charge is 2.55. The third-order valence-corrected chi connectivity index (χ3v) is 7.69. The van der Waals surface area contributed by atoms with Gasteiger partial charge >= 0.3 is 0 Å². The molecule has 1 fully saturated rings. The topological polar surface area (TPSA) is 9.23 Å². The first-order valence-corrected chi connectivity index (χ1v) is 11.0. The van der Waals surface area contributed by atoms with Crippen molar-refractivity contribution in [3.05, 3.63) is 84.7 Å². The third-order valence-electron chi connectivity index (χ3n) is 5.47. The van der Waals surface area contributed by atoms with Crippen molar-refractivity contribution in [2.75, 3.05) is 0 Å². The van der Waals surface area contributed by atoms with Crippen LogP contribution in [0.2, 0.25) is 0 Å². The maximum Gasteiger partial charge on any atom is 0.170 e. The van der Waals surface area contributed by atoms with E-state index in [4.69, 9.17) is 4.74 Å². The molecule has 0 aromatic heterocycles. The molecule has 1 nitrogen and oxygen atoms in total. The first-order chi connectivity index (χ1) is 13.4. The highest BCUT2D eigenvalue weighted by molar-refractivity contribution is 7.97. The molecule has 3 aromatic carbocycles. The van der Waals surface area contributed by atoms with Crippen LogP contribution in [0.4, 0.5) is 4.39 Å². The van der Waals surface area contributed by atoms with Gasteiger partial charge in [0.25, 0.3) is 0 Å². The van der Waals surface area contributed by atoms with Crippen molar-refractivity contribution in [2.45, 2.75) is 53.9 Å². The van der Waals surface area contributed by atoms with Gasteiger partial charge in [-0.25, -0.2) is 4.39 Å². The van der Waals surface area contributed by atoms with Crippen LogP contribution in [0.1, 0.15) is 33.6 Å². The molecule has 3 aromatic rings. The van der Waals surface area contributed by atoms with Crippen molar-refractivity contribution < 1.29 is 9.13 Å². The van der Waals surface area contributed by atoms with Crippen LogP contribution in [-0.2, 0) is 10.9 Å². The molecule has 0 bridgehead atoms. The Morgan fingerprint density at radius 1 is 0.786 bits per heavy atom. The van der Waals surface area contributed by atoms with Crippen molar-refractivity contribution >= 4 is 10.9 Å². The summed E-state index contributed by atoms with van der Waals surface area (Å²) in [6, 6.07) is 26.1. The molecule has 0 unspecified atom stereocenters. The fourth-order valence-corrected chi connectivity index (χ4v) is 5.64. The molecule has 0 aliphatic heterocycles. The molecular formula is C25H26FOS+. The quantitative estimate of drug-likeness (QED) is 0.429. The van der Waals surface area contributed by atoms with E-state index < -0.39 is 0 Å². The van der Waals surface area contributed by atoms with E-state index in [2.05, 4.69) is 45.0 Å². The van der Waals surface area contributed by atoms with E-state index >= 15 is 4.39 Å². The summed E-state index contributed by atoms with van der Waals surface area (Å²) in [5, 5.41) is 0. The standard InChI is InChI=1S/C25H26FOS/c1-24(2,3)25(16-17-25)27-23-15-14-21(18-22(23)26)28(19-10-6-4-7-11-19)20-12-8-5-9-13-20/h4-15,18H,16-17H2,1-3H3/q+1. The molecule has 0 spiro atoms. The maximum atomic E-state index is 15.1. The average molecular weight is 394 g/mol. The molecule has 144 valence electrons. The van der Waals surface area contributed by atoms with Gasteiger partial charge in [-0.1, -0.05) is 57.2 Å². The summed E-state index contributed by atoms with van der Waals surface area (Å²) in [6.07, 6.45) is 1.96. The van der Waals surface area contributed by atoms with Crippen LogP contribution in [0.15, 0.2) is 93.5 Å². The number of hydrogen-bond acceptors (Lipinski definition) is 1. The molecule has 0 radical (unpaired) electrons. The third kappa shape index (κ3) is 3.68. The molecular weight excluding hydrogens is 367 g/mol. The minimum absolute atomic E-state index is 0.00350. The fraction of sp³-hybridized carbons (Fsp3) is 0.280. The lowest BCUT2D eigenvalue weighted by molar-refractivity contribution is 0.0580. The van der Waals surface area contributed by atoms with Gasteiger partial charge in [0.15, 0.2) is 26.3 Å². The zero-order valence-corrected chi connectivity index (χ0v) is 17.4. The molecule has 0 atom stereocenters. The van der Waals surface area contributed by atoms with Gasteiger partial charge in [-0.2, -0.15) is 0 Å². The number of ether oxygens (including phenoxy) is 1. The maximum absolute atomic E-state index is 15.1. The first-order valence-electron chi connectivity index (χ1n) is 9.73. The monoisotopic (exact) mass is 393 g/mol. The van der Waals surface area contributed by atoms with Gasteiger partial charge in [0.05, 0.1) is 10.9 Å². The van der Waals surface area contributed by atoms with E-state index in [-0.39, 0.29) is 27.7 Å². The van der Waals surface area contributed by atoms with Crippen molar-refractivity contribution in [1.82, 2.24) is 0 Å². The molecule has 1 aliphatic carbocycles.